The quantitative estimate of drug-likeness (QED) is 0.297. The van der Waals surface area contributed by atoms with Crippen molar-refractivity contribution in [2.45, 2.75) is 28.9 Å². The highest BCUT2D eigenvalue weighted by molar-refractivity contribution is 7.99. The predicted octanol–water partition coefficient (Wildman–Crippen LogP) is 4.85. The first-order valence-corrected chi connectivity index (χ1v) is 12.8. The molecule has 0 aliphatic rings. The molecule has 10 heteroatoms. The second kappa shape index (κ2) is 11.3. The number of hydrogen-bond donors (Lipinski definition) is 1. The molecule has 3 rings (SSSR count). The molecule has 0 atom stereocenters. The van der Waals surface area contributed by atoms with E-state index in [4.69, 9.17) is 4.42 Å². The monoisotopic (exact) mass is 498 g/mol. The fourth-order valence-electron chi connectivity index (χ4n) is 3.02. The van der Waals surface area contributed by atoms with Gasteiger partial charge in [-0.05, 0) is 42.5 Å². The lowest BCUT2D eigenvalue weighted by Crippen LogP contribution is -2.31. The molecule has 0 spiro atoms. The van der Waals surface area contributed by atoms with Gasteiger partial charge in [0.2, 0.25) is 15.9 Å². The normalized spacial score (nSPS) is 11.5. The van der Waals surface area contributed by atoms with E-state index in [0.717, 1.165) is 10.5 Å². The number of anilines is 1. The number of benzene rings is 2. The highest BCUT2D eigenvalue weighted by Crippen LogP contribution is 2.28. The van der Waals surface area contributed by atoms with Crippen molar-refractivity contribution < 1.29 is 17.6 Å². The van der Waals surface area contributed by atoms with E-state index in [-0.39, 0.29) is 35.5 Å². The van der Waals surface area contributed by atoms with Crippen molar-refractivity contribution in [3.05, 3.63) is 79.4 Å². The third kappa shape index (κ3) is 6.22. The maximum Gasteiger partial charge on any atom is 0.322 e. The topological polar surface area (TPSA) is 105 Å². The second-order valence-electron chi connectivity index (χ2n) is 7.48. The zero-order chi connectivity index (χ0) is 24.7. The van der Waals surface area contributed by atoms with Crippen molar-refractivity contribution in [3.63, 3.8) is 0 Å². The van der Waals surface area contributed by atoms with E-state index >= 15 is 0 Å². The van der Waals surface area contributed by atoms with Crippen LogP contribution in [0.3, 0.4) is 0 Å². The number of amides is 1. The number of nitrogens with one attached hydrogen (secondary N) is 1. The molecule has 3 aromatic rings. The fourth-order valence-corrected chi connectivity index (χ4v) is 5.30. The summed E-state index contributed by atoms with van der Waals surface area (Å²) in [4.78, 5) is 13.7. The van der Waals surface area contributed by atoms with Gasteiger partial charge in [-0.25, -0.2) is 8.42 Å². The first-order valence-electron chi connectivity index (χ1n) is 10.5. The summed E-state index contributed by atoms with van der Waals surface area (Å²) in [5.41, 5.74) is 0.991. The van der Waals surface area contributed by atoms with E-state index in [2.05, 4.69) is 42.5 Å². The van der Waals surface area contributed by atoms with Crippen LogP contribution in [0, 0.1) is 0 Å². The second-order valence-corrected chi connectivity index (χ2v) is 11.1. The summed E-state index contributed by atoms with van der Waals surface area (Å²) in [6, 6.07) is 13.3. The number of aromatic nitrogens is 2. The largest absolute Gasteiger partial charge is 0.403 e. The van der Waals surface area contributed by atoms with Crippen LogP contribution in [0.5, 0.6) is 0 Å². The van der Waals surface area contributed by atoms with Crippen LogP contribution < -0.4 is 5.32 Å². The summed E-state index contributed by atoms with van der Waals surface area (Å²) >= 11 is 1.72. The van der Waals surface area contributed by atoms with Crippen LogP contribution in [-0.4, -0.2) is 47.2 Å². The van der Waals surface area contributed by atoms with Gasteiger partial charge in [-0.2, -0.15) is 4.31 Å². The first-order chi connectivity index (χ1) is 16.2. The lowest BCUT2D eigenvalue weighted by Gasteiger charge is -2.19. The van der Waals surface area contributed by atoms with Gasteiger partial charge < -0.3 is 4.42 Å². The molecule has 1 heterocycles. The molecule has 8 nitrogen and oxygen atoms in total. The van der Waals surface area contributed by atoms with Crippen LogP contribution in [0.4, 0.5) is 6.01 Å². The van der Waals surface area contributed by atoms with E-state index in [9.17, 15) is 13.2 Å². The molecular weight excluding hydrogens is 472 g/mol. The standard InChI is InChI=1S/C24H26N4O4S2/c1-5-14-28(15-6-2)34(30,31)21-12-10-18(11-13-21)22(29)25-24-27-26-23(32-24)19-8-7-9-20(16-19)33-17(3)4/h5-13,16-17H,1-2,14-15H2,3-4H3,(H,25,27,29). The molecule has 2 aromatic carbocycles. The number of rotatable bonds is 11. The van der Waals surface area contributed by atoms with Crippen LogP contribution in [0.15, 0.2) is 88.0 Å². The molecule has 0 saturated heterocycles. The number of carbonyl (C=O) groups excluding carboxylic acids is 1. The van der Waals surface area contributed by atoms with Crippen molar-refractivity contribution in [2.75, 3.05) is 18.4 Å². The zero-order valence-corrected chi connectivity index (χ0v) is 20.6. The third-order valence-corrected chi connectivity index (χ3v) is 7.36. The van der Waals surface area contributed by atoms with Crippen molar-refractivity contribution in [1.82, 2.24) is 14.5 Å². The predicted molar refractivity (Wildman–Crippen MR) is 134 cm³/mol. The Bertz CT molecular complexity index is 1260. The van der Waals surface area contributed by atoms with Gasteiger partial charge >= 0.3 is 6.01 Å². The zero-order valence-electron chi connectivity index (χ0n) is 19.0. The lowest BCUT2D eigenvalue weighted by atomic mass is 10.2. The summed E-state index contributed by atoms with van der Waals surface area (Å²) in [5.74, 6) is -0.218. The van der Waals surface area contributed by atoms with E-state index in [1.54, 1.807) is 11.8 Å². The Morgan fingerprint density at radius 1 is 1.12 bits per heavy atom. The number of thioether (sulfide) groups is 1. The molecule has 0 aliphatic carbocycles. The summed E-state index contributed by atoms with van der Waals surface area (Å²) in [7, 11) is -3.75. The molecule has 0 unspecified atom stereocenters. The van der Waals surface area contributed by atoms with Gasteiger partial charge in [0, 0.05) is 34.4 Å². The molecule has 1 aromatic heterocycles. The Hall–Kier alpha value is -3.21. The third-order valence-electron chi connectivity index (χ3n) is 4.52. The molecule has 0 radical (unpaired) electrons. The molecule has 1 amide bonds. The number of sulfonamides is 1. The summed E-state index contributed by atoms with van der Waals surface area (Å²) in [5, 5.41) is 10.9. The maximum atomic E-state index is 12.8. The lowest BCUT2D eigenvalue weighted by molar-refractivity contribution is 0.102. The molecule has 0 bridgehead atoms. The minimum absolute atomic E-state index is 0.0539. The van der Waals surface area contributed by atoms with Crippen LogP contribution >= 0.6 is 11.8 Å². The van der Waals surface area contributed by atoms with Crippen molar-refractivity contribution >= 4 is 33.7 Å². The molecular formula is C24H26N4O4S2. The maximum absolute atomic E-state index is 12.8. The van der Waals surface area contributed by atoms with E-state index < -0.39 is 15.9 Å². The van der Waals surface area contributed by atoms with Crippen LogP contribution in [0.1, 0.15) is 24.2 Å². The van der Waals surface area contributed by atoms with Crippen molar-refractivity contribution in [2.24, 2.45) is 0 Å². The summed E-state index contributed by atoms with van der Waals surface area (Å²) in [6.07, 6.45) is 3.00. The summed E-state index contributed by atoms with van der Waals surface area (Å²) < 4.78 is 32.4. The van der Waals surface area contributed by atoms with Gasteiger partial charge in [-0.15, -0.1) is 30.0 Å². The molecule has 178 valence electrons. The molecule has 34 heavy (non-hydrogen) atoms. The highest BCUT2D eigenvalue weighted by atomic mass is 32.2. The Kier molecular flexibility index (Phi) is 8.43. The van der Waals surface area contributed by atoms with Gasteiger partial charge in [-0.1, -0.05) is 37.2 Å². The highest BCUT2D eigenvalue weighted by Gasteiger charge is 2.23. The van der Waals surface area contributed by atoms with Crippen LogP contribution in [0.25, 0.3) is 11.5 Å². The molecule has 0 aliphatic heterocycles. The summed E-state index contributed by atoms with van der Waals surface area (Å²) in [6.45, 7) is 11.7. The van der Waals surface area contributed by atoms with Gasteiger partial charge in [0.15, 0.2) is 0 Å². The average molecular weight is 499 g/mol. The smallest absolute Gasteiger partial charge is 0.322 e. The first kappa shape index (κ1) is 25.4. The minimum atomic E-state index is -3.75. The Balaban J connectivity index is 1.72. The average Bonchev–Trinajstić information content (AvgIpc) is 3.27. The molecule has 0 fully saturated rings. The van der Waals surface area contributed by atoms with Crippen LogP contribution in [0.2, 0.25) is 0 Å². The van der Waals surface area contributed by atoms with Crippen molar-refractivity contribution in [3.8, 4) is 11.5 Å². The Labute approximate surface area is 203 Å². The minimum Gasteiger partial charge on any atom is -0.403 e. The van der Waals surface area contributed by atoms with Gasteiger partial charge in [0.25, 0.3) is 5.91 Å². The van der Waals surface area contributed by atoms with E-state index in [0.29, 0.717) is 5.25 Å². The Morgan fingerprint density at radius 2 is 1.79 bits per heavy atom. The van der Waals surface area contributed by atoms with Crippen molar-refractivity contribution in [1.29, 1.82) is 0 Å². The number of carbonyl (C=O) groups is 1. The number of nitrogens with zero attached hydrogens (tertiary/aromatic N) is 3. The molecule has 1 N–H and O–H groups in total. The Morgan fingerprint density at radius 3 is 2.41 bits per heavy atom. The van der Waals surface area contributed by atoms with Crippen LogP contribution in [-0.2, 0) is 10.0 Å². The van der Waals surface area contributed by atoms with Gasteiger partial charge in [0.05, 0.1) is 4.90 Å². The number of hydrogen-bond acceptors (Lipinski definition) is 7. The van der Waals surface area contributed by atoms with E-state index in [1.165, 1.54) is 40.7 Å². The SMILES string of the molecule is C=CCN(CC=C)S(=O)(=O)c1ccc(C(=O)Nc2nnc(-c3cccc(SC(C)C)c3)o2)cc1. The van der Waals surface area contributed by atoms with Gasteiger partial charge in [0.1, 0.15) is 0 Å². The van der Waals surface area contributed by atoms with Gasteiger partial charge in [-0.3, -0.25) is 10.1 Å². The fraction of sp³-hybridized carbons (Fsp3) is 0.208. The molecule has 0 saturated carbocycles. The van der Waals surface area contributed by atoms with E-state index in [1.807, 2.05) is 24.3 Å².